The lowest BCUT2D eigenvalue weighted by Crippen LogP contribution is -2.30. The molecule has 12 N–H and O–H groups in total. The van der Waals surface area contributed by atoms with E-state index in [2.05, 4.69) is 32.5 Å². The van der Waals surface area contributed by atoms with Gasteiger partial charge in [-0.25, -0.2) is 20.3 Å². The van der Waals surface area contributed by atoms with E-state index >= 15 is 0 Å². The maximum absolute atomic E-state index is 12.2. The van der Waals surface area contributed by atoms with E-state index in [0.717, 1.165) is 54.7 Å². The minimum absolute atomic E-state index is 0. The number of ether oxygens (including phenoxy) is 2. The first-order chi connectivity index (χ1) is 45.3. The van der Waals surface area contributed by atoms with Crippen molar-refractivity contribution in [2.24, 2.45) is 17.6 Å². The van der Waals surface area contributed by atoms with Gasteiger partial charge in [0.1, 0.15) is 34.0 Å². The molecule has 6 amide bonds. The maximum atomic E-state index is 12.2. The highest BCUT2D eigenvalue weighted by molar-refractivity contribution is 9.09. The standard InChI is InChI=1S/C21H17NO6.C13H15NO4.C11H11NO4.C10H8O3.C8H5NO3.C3H7BrO.H4N2.H2O/c1-13-11-19(23)28-18-12-14(7-8-15(13)18)26-9-4-10-27-22-20(24)16-5-2-3-6-17(16)21(22)25;1-9-7-13(15)18-12-8-10(3-4-11(9)12)16-5-2-6-17-14;13-6-3-7-16-12-10(14)8-4-1-2-5-9(8)11(12)15;1-6-4-10(12)13-9-5-7(11)2-3-8(6)9;10-7-5-3-1-2-4-6(5)8(11)9(7)12;4-2-1-3-5;1-2;/h2-3,5-8,11-12H,4,9-10H2,1H3;3-4,7-8H,2,5-6,14H2,1H3;1-2,4-5,13H,3,6-7H2;2-5,11H,1H3;1-4,12H;5H,1-3H2;1-2H2;1H2. The van der Waals surface area contributed by atoms with E-state index in [1.54, 1.807) is 91.0 Å². The van der Waals surface area contributed by atoms with E-state index in [4.69, 9.17) is 58.8 Å². The number of carbonyl (C=O) groups is 6. The summed E-state index contributed by atoms with van der Waals surface area (Å²) < 4.78 is 26.4. The number of imide groups is 3. The van der Waals surface area contributed by atoms with E-state index in [1.807, 2.05) is 39.0 Å². The van der Waals surface area contributed by atoms with Crippen LogP contribution in [0.25, 0.3) is 32.9 Å². The first-order valence-corrected chi connectivity index (χ1v) is 29.8. The summed E-state index contributed by atoms with van der Waals surface area (Å²) in [6, 6.07) is 39.3. The number of aliphatic hydroxyl groups excluding tert-OH is 2. The average Bonchev–Trinajstić information content (AvgIpc) is 1.74. The highest BCUT2D eigenvalue weighted by Crippen LogP contribution is 2.27. The number of nitrogens with zero attached hydrogens (tertiary/aromatic N) is 3. The van der Waals surface area contributed by atoms with Crippen LogP contribution in [-0.2, 0) is 14.5 Å². The number of phenols is 1. The molecule has 0 saturated carbocycles. The monoisotopic (exact) mass is 1380 g/mol. The number of nitrogens with two attached hydrogens (primary N) is 3. The predicted molar refractivity (Wildman–Crippen MR) is 347 cm³/mol. The van der Waals surface area contributed by atoms with Crippen LogP contribution >= 0.6 is 15.9 Å². The van der Waals surface area contributed by atoms with Gasteiger partial charge in [0.2, 0.25) is 0 Å². The number of carbonyl (C=O) groups excluding carboxylic acids is 6. The lowest BCUT2D eigenvalue weighted by Gasteiger charge is -2.13. The number of amides is 6. The first-order valence-electron chi connectivity index (χ1n) is 28.7. The zero-order chi connectivity index (χ0) is 68.4. The summed E-state index contributed by atoms with van der Waals surface area (Å²) in [5.41, 5.74) is 4.77. The first kappa shape index (κ1) is 75.6. The minimum atomic E-state index is -0.657. The van der Waals surface area contributed by atoms with Gasteiger partial charge in [0.25, 0.3) is 35.4 Å². The van der Waals surface area contributed by atoms with Crippen LogP contribution in [0.1, 0.15) is 105 Å². The SMILES string of the molecule is Cc1cc(=O)oc2cc(O)ccc12.Cc1cc(=O)oc2cc(OCCCON)ccc12.Cc1cc(=O)oc2cc(OCCCON3C(=O)c4ccccc4C3=O)ccc12.NN.O.O=C1c2ccccc2C(=O)N1O.O=C1c2ccccc2C(=O)N1OCCCO.OCCCBr. The number of alkyl halides is 1. The number of phenolic OH excluding ortho intramolecular Hbond substituents is 1. The molecule has 6 heterocycles. The second kappa shape index (κ2) is 37.5. The fraction of sp³-hybridized carbons (Fsp3) is 0.227. The summed E-state index contributed by atoms with van der Waals surface area (Å²) in [5.74, 6) is 11.1. The number of halogens is 1. The van der Waals surface area contributed by atoms with Crippen LogP contribution in [0.5, 0.6) is 17.2 Å². The summed E-state index contributed by atoms with van der Waals surface area (Å²) in [4.78, 5) is 118. The van der Waals surface area contributed by atoms with E-state index in [0.29, 0.717) is 96.2 Å². The number of fused-ring (bicyclic) bond motifs is 6. The molecular formula is C66H69BrN6O22. The van der Waals surface area contributed by atoms with Gasteiger partial charge in [0.05, 0.1) is 66.4 Å². The third-order valence-electron chi connectivity index (χ3n) is 13.3. The Kier molecular flexibility index (Phi) is 29.8. The molecule has 29 heteroatoms. The Hall–Kier alpha value is -10.2. The van der Waals surface area contributed by atoms with Crippen molar-refractivity contribution in [3.05, 3.63) is 227 Å². The van der Waals surface area contributed by atoms with Crippen LogP contribution < -0.4 is 43.9 Å². The molecule has 95 heavy (non-hydrogen) atoms. The molecule has 9 aromatic rings. The van der Waals surface area contributed by atoms with Gasteiger partial charge in [-0.2, -0.15) is 0 Å². The largest absolute Gasteiger partial charge is 0.508 e. The summed E-state index contributed by atoms with van der Waals surface area (Å²) in [6.07, 6.45) is 2.41. The van der Waals surface area contributed by atoms with Crippen LogP contribution in [0.15, 0.2) is 173 Å². The van der Waals surface area contributed by atoms with E-state index in [9.17, 15) is 43.2 Å². The third kappa shape index (κ3) is 20.2. The van der Waals surface area contributed by atoms with Gasteiger partial charge in [0, 0.05) is 83.9 Å². The summed E-state index contributed by atoms with van der Waals surface area (Å²) >= 11 is 3.15. The lowest BCUT2D eigenvalue weighted by molar-refractivity contribution is -0.0940. The van der Waals surface area contributed by atoms with Crippen LogP contribution in [0.3, 0.4) is 0 Å². The van der Waals surface area contributed by atoms with Crippen molar-refractivity contribution in [3.8, 4) is 17.2 Å². The Bertz CT molecular complexity index is 4220. The topological polar surface area (TPSA) is 439 Å². The third-order valence-corrected chi connectivity index (χ3v) is 13.9. The molecule has 0 unspecified atom stereocenters. The highest BCUT2D eigenvalue weighted by atomic mass is 79.9. The molecule has 28 nitrogen and oxygen atoms in total. The van der Waals surface area contributed by atoms with Crippen LogP contribution in [0.4, 0.5) is 0 Å². The Labute approximate surface area is 548 Å². The molecule has 0 spiro atoms. The molecular weight excluding hydrogens is 1310 g/mol. The number of benzene rings is 6. The lowest BCUT2D eigenvalue weighted by atomic mass is 10.1. The van der Waals surface area contributed by atoms with Gasteiger partial charge in [0.15, 0.2) is 0 Å². The Morgan fingerprint density at radius 3 is 1.09 bits per heavy atom. The van der Waals surface area contributed by atoms with Crippen molar-refractivity contribution in [3.63, 3.8) is 0 Å². The van der Waals surface area contributed by atoms with Crippen molar-refractivity contribution in [2.75, 3.05) is 51.6 Å². The average molecular weight is 1380 g/mol. The molecule has 6 aromatic carbocycles. The Morgan fingerprint density at radius 2 is 0.758 bits per heavy atom. The molecule has 0 radical (unpaired) electrons. The van der Waals surface area contributed by atoms with Crippen LogP contribution in [0.2, 0.25) is 0 Å². The second-order valence-electron chi connectivity index (χ2n) is 19.9. The van der Waals surface area contributed by atoms with Gasteiger partial charge < -0.3 is 48.4 Å². The summed E-state index contributed by atoms with van der Waals surface area (Å²) in [6.45, 7) is 7.35. The normalized spacial score (nSPS) is 12.3. The van der Waals surface area contributed by atoms with Gasteiger partial charge >= 0.3 is 16.9 Å². The molecule has 3 aromatic heterocycles. The minimum Gasteiger partial charge on any atom is -0.508 e. The maximum Gasteiger partial charge on any atom is 0.336 e. The molecule has 0 saturated heterocycles. The number of hydrazine groups is 1. The predicted octanol–water partition coefficient (Wildman–Crippen LogP) is 6.69. The number of hydroxylamine groups is 6. The van der Waals surface area contributed by atoms with Crippen LogP contribution in [0, 0.1) is 20.8 Å². The Balaban J connectivity index is 0.000000216. The zero-order valence-corrected chi connectivity index (χ0v) is 53.1. The summed E-state index contributed by atoms with van der Waals surface area (Å²) in [5, 5.41) is 39.9. The van der Waals surface area contributed by atoms with E-state index in [1.165, 1.54) is 36.4 Å². The number of rotatable bonds is 17. The van der Waals surface area contributed by atoms with E-state index in [-0.39, 0.29) is 52.9 Å². The number of aryl methyl sites for hydroxylation is 3. The fourth-order valence-corrected chi connectivity index (χ4v) is 9.12. The van der Waals surface area contributed by atoms with Gasteiger partial charge in [-0.3, -0.25) is 55.3 Å². The smallest absolute Gasteiger partial charge is 0.336 e. The molecule has 3 aliphatic heterocycles. The zero-order valence-electron chi connectivity index (χ0n) is 51.5. The molecule has 3 aliphatic rings. The Morgan fingerprint density at radius 1 is 0.432 bits per heavy atom. The van der Waals surface area contributed by atoms with Crippen molar-refractivity contribution >= 4 is 84.3 Å². The molecule has 12 rings (SSSR count). The highest BCUT2D eigenvalue weighted by Gasteiger charge is 2.38. The van der Waals surface area contributed by atoms with Crippen LogP contribution in [-0.4, -0.2) is 128 Å². The molecule has 0 bridgehead atoms. The van der Waals surface area contributed by atoms with Crippen molar-refractivity contribution < 1.29 is 92.0 Å². The van der Waals surface area contributed by atoms with Gasteiger partial charge in [-0.05, 0) is 123 Å². The van der Waals surface area contributed by atoms with Gasteiger partial charge in [-0.15, -0.1) is 15.2 Å². The molecule has 0 fully saturated rings. The van der Waals surface area contributed by atoms with Gasteiger partial charge in [-0.1, -0.05) is 52.3 Å². The number of aromatic hydroxyl groups is 1. The number of aliphatic hydroxyl groups is 2. The van der Waals surface area contributed by atoms with Crippen molar-refractivity contribution in [1.29, 1.82) is 0 Å². The van der Waals surface area contributed by atoms with Crippen molar-refractivity contribution in [2.45, 2.75) is 46.5 Å². The number of hydrogen-bond acceptors (Lipinski definition) is 24. The molecule has 0 atom stereocenters. The quantitative estimate of drug-likeness (QED) is 0.00949. The van der Waals surface area contributed by atoms with E-state index < -0.39 is 46.7 Å². The fourth-order valence-electron chi connectivity index (χ4n) is 8.87. The second-order valence-corrected chi connectivity index (χ2v) is 20.7. The molecule has 502 valence electrons. The van der Waals surface area contributed by atoms with Crippen molar-refractivity contribution in [1.82, 2.24) is 15.2 Å². The summed E-state index contributed by atoms with van der Waals surface area (Å²) in [7, 11) is 0. The number of hydrogen-bond donors (Lipinski definition) is 7. The molecule has 0 aliphatic carbocycles.